The first-order valence-corrected chi connectivity index (χ1v) is 5.94. The zero-order valence-corrected chi connectivity index (χ0v) is 11.5. The Morgan fingerprint density at radius 2 is 2.06 bits per heavy atom. The Balaban J connectivity index is 2.81. The predicted molar refractivity (Wildman–Crippen MR) is 69.0 cm³/mol. The third kappa shape index (κ3) is 4.69. The number of ether oxygens (including phenoxy) is 1. The number of halogens is 2. The van der Waals surface area contributed by atoms with Crippen LogP contribution in [0.3, 0.4) is 0 Å². The van der Waals surface area contributed by atoms with Gasteiger partial charge >= 0.3 is 5.97 Å². The molecule has 0 aliphatic rings. The standard InChI is InChI=1S/C13H14BrFO2/c1-13(2,3)17-12(16)8-7-9-10(14)5-4-6-11(9)15/h4-8H,1-3H3. The van der Waals surface area contributed by atoms with Crippen molar-refractivity contribution in [2.24, 2.45) is 0 Å². The van der Waals surface area contributed by atoms with Crippen molar-refractivity contribution in [1.29, 1.82) is 0 Å². The molecule has 0 unspecified atom stereocenters. The van der Waals surface area contributed by atoms with Gasteiger partial charge in [-0.05, 0) is 39.0 Å². The Morgan fingerprint density at radius 1 is 1.41 bits per heavy atom. The fourth-order valence-corrected chi connectivity index (χ4v) is 1.63. The van der Waals surface area contributed by atoms with Gasteiger partial charge in [0.2, 0.25) is 0 Å². The molecule has 0 atom stereocenters. The first-order chi connectivity index (χ1) is 7.79. The maximum atomic E-state index is 13.4. The van der Waals surface area contributed by atoms with Gasteiger partial charge in [-0.1, -0.05) is 22.0 Å². The van der Waals surface area contributed by atoms with Gasteiger partial charge in [-0.15, -0.1) is 0 Å². The molecular formula is C13H14BrFO2. The van der Waals surface area contributed by atoms with E-state index in [0.717, 1.165) is 0 Å². The summed E-state index contributed by atoms with van der Waals surface area (Å²) in [4.78, 5) is 11.4. The molecule has 0 amide bonds. The Bertz CT molecular complexity index is 427. The summed E-state index contributed by atoms with van der Waals surface area (Å²) in [5.74, 6) is -0.883. The number of carbonyl (C=O) groups is 1. The van der Waals surface area contributed by atoms with E-state index in [-0.39, 0.29) is 5.82 Å². The van der Waals surface area contributed by atoms with Crippen LogP contribution >= 0.6 is 15.9 Å². The van der Waals surface area contributed by atoms with E-state index < -0.39 is 11.6 Å². The summed E-state index contributed by atoms with van der Waals surface area (Å²) in [6.07, 6.45) is 2.61. The molecule has 0 N–H and O–H groups in total. The predicted octanol–water partition coefficient (Wildman–Crippen LogP) is 3.94. The average Bonchev–Trinajstić information content (AvgIpc) is 2.14. The van der Waals surface area contributed by atoms with Crippen LogP contribution in [-0.2, 0) is 9.53 Å². The lowest BCUT2D eigenvalue weighted by Crippen LogP contribution is -2.22. The van der Waals surface area contributed by atoms with Crippen LogP contribution in [0.4, 0.5) is 4.39 Å². The molecule has 1 aromatic carbocycles. The van der Waals surface area contributed by atoms with Gasteiger partial charge in [-0.3, -0.25) is 0 Å². The highest BCUT2D eigenvalue weighted by atomic mass is 79.9. The van der Waals surface area contributed by atoms with E-state index in [1.165, 1.54) is 18.2 Å². The second-order valence-electron chi connectivity index (χ2n) is 4.50. The van der Waals surface area contributed by atoms with E-state index in [9.17, 15) is 9.18 Å². The number of carbonyl (C=O) groups excluding carboxylic acids is 1. The van der Waals surface area contributed by atoms with Gasteiger partial charge < -0.3 is 4.74 Å². The Morgan fingerprint density at radius 3 is 2.59 bits per heavy atom. The Kier molecular flexibility index (Phi) is 4.46. The van der Waals surface area contributed by atoms with E-state index in [4.69, 9.17) is 4.74 Å². The average molecular weight is 301 g/mol. The van der Waals surface area contributed by atoms with E-state index in [1.807, 2.05) is 0 Å². The maximum absolute atomic E-state index is 13.4. The van der Waals surface area contributed by atoms with Crippen LogP contribution in [0.2, 0.25) is 0 Å². The summed E-state index contributed by atoms with van der Waals surface area (Å²) in [5.41, 5.74) is -0.216. The zero-order chi connectivity index (χ0) is 13.1. The second kappa shape index (κ2) is 5.45. The molecule has 0 bridgehead atoms. The molecule has 0 saturated heterocycles. The van der Waals surface area contributed by atoms with Crippen molar-refractivity contribution in [2.45, 2.75) is 26.4 Å². The molecule has 1 aromatic rings. The summed E-state index contributed by atoms with van der Waals surface area (Å²) >= 11 is 3.22. The number of hydrogen-bond donors (Lipinski definition) is 0. The summed E-state index contributed by atoms with van der Waals surface area (Å²) < 4.78 is 19.1. The second-order valence-corrected chi connectivity index (χ2v) is 5.36. The fraction of sp³-hybridized carbons (Fsp3) is 0.308. The summed E-state index contributed by atoms with van der Waals surface area (Å²) in [6.45, 7) is 5.33. The Labute approximate surface area is 109 Å². The van der Waals surface area contributed by atoms with Crippen molar-refractivity contribution in [2.75, 3.05) is 0 Å². The van der Waals surface area contributed by atoms with Crippen LogP contribution in [0.15, 0.2) is 28.7 Å². The lowest BCUT2D eigenvalue weighted by Gasteiger charge is -2.17. The molecular weight excluding hydrogens is 287 g/mol. The third-order valence-corrected chi connectivity index (χ3v) is 2.48. The van der Waals surface area contributed by atoms with Crippen molar-refractivity contribution in [3.05, 3.63) is 40.1 Å². The van der Waals surface area contributed by atoms with Gasteiger partial charge in [0.05, 0.1) is 0 Å². The van der Waals surface area contributed by atoms with Crippen molar-refractivity contribution in [3.8, 4) is 0 Å². The summed E-state index contributed by atoms with van der Waals surface area (Å²) in [6, 6.07) is 4.63. The van der Waals surface area contributed by atoms with E-state index in [0.29, 0.717) is 10.0 Å². The lowest BCUT2D eigenvalue weighted by molar-refractivity contribution is -0.148. The van der Waals surface area contributed by atoms with Gasteiger partial charge in [0, 0.05) is 16.1 Å². The van der Waals surface area contributed by atoms with Crippen LogP contribution < -0.4 is 0 Å². The minimum atomic E-state index is -0.548. The van der Waals surface area contributed by atoms with Crippen molar-refractivity contribution in [1.82, 2.24) is 0 Å². The third-order valence-electron chi connectivity index (χ3n) is 1.79. The molecule has 0 aliphatic heterocycles. The van der Waals surface area contributed by atoms with Gasteiger partial charge in [-0.2, -0.15) is 0 Å². The van der Waals surface area contributed by atoms with E-state index in [1.54, 1.807) is 32.9 Å². The molecule has 1 rings (SSSR count). The minimum absolute atomic E-state index is 0.332. The molecule has 92 valence electrons. The highest BCUT2D eigenvalue weighted by Crippen LogP contribution is 2.21. The molecule has 17 heavy (non-hydrogen) atoms. The van der Waals surface area contributed by atoms with Crippen molar-refractivity contribution in [3.63, 3.8) is 0 Å². The highest BCUT2D eigenvalue weighted by Gasteiger charge is 2.14. The number of esters is 1. The Hall–Kier alpha value is -1.16. The molecule has 0 heterocycles. The van der Waals surface area contributed by atoms with Crippen molar-refractivity contribution >= 4 is 28.0 Å². The van der Waals surface area contributed by atoms with Gasteiger partial charge in [-0.25, -0.2) is 9.18 Å². The molecule has 0 radical (unpaired) electrons. The first kappa shape index (κ1) is 13.9. The van der Waals surface area contributed by atoms with Crippen LogP contribution in [-0.4, -0.2) is 11.6 Å². The largest absolute Gasteiger partial charge is 0.457 e. The van der Waals surface area contributed by atoms with Gasteiger partial charge in [0.25, 0.3) is 0 Å². The smallest absolute Gasteiger partial charge is 0.331 e. The van der Waals surface area contributed by atoms with Crippen LogP contribution in [0.25, 0.3) is 6.08 Å². The number of hydrogen-bond acceptors (Lipinski definition) is 2. The molecule has 0 spiro atoms. The number of rotatable bonds is 2. The fourth-order valence-electron chi connectivity index (χ4n) is 1.16. The quantitative estimate of drug-likeness (QED) is 0.611. The van der Waals surface area contributed by atoms with Crippen LogP contribution in [0.1, 0.15) is 26.3 Å². The summed E-state index contributed by atoms with van der Waals surface area (Å²) in [5, 5.41) is 0. The first-order valence-electron chi connectivity index (χ1n) is 5.15. The topological polar surface area (TPSA) is 26.3 Å². The SMILES string of the molecule is CC(C)(C)OC(=O)C=Cc1c(F)cccc1Br. The molecule has 0 fully saturated rings. The normalized spacial score (nSPS) is 11.8. The summed E-state index contributed by atoms with van der Waals surface area (Å²) in [7, 11) is 0. The zero-order valence-electron chi connectivity index (χ0n) is 9.96. The van der Waals surface area contributed by atoms with Crippen molar-refractivity contribution < 1.29 is 13.9 Å². The van der Waals surface area contributed by atoms with E-state index >= 15 is 0 Å². The molecule has 4 heteroatoms. The monoisotopic (exact) mass is 300 g/mol. The number of benzene rings is 1. The molecule has 0 aliphatic carbocycles. The van der Waals surface area contributed by atoms with Gasteiger partial charge in [0.15, 0.2) is 0 Å². The highest BCUT2D eigenvalue weighted by molar-refractivity contribution is 9.10. The molecule has 2 nitrogen and oxygen atoms in total. The molecule has 0 saturated carbocycles. The van der Waals surface area contributed by atoms with Crippen LogP contribution in [0, 0.1) is 5.82 Å². The van der Waals surface area contributed by atoms with E-state index in [2.05, 4.69) is 15.9 Å². The minimum Gasteiger partial charge on any atom is -0.457 e. The lowest BCUT2D eigenvalue weighted by atomic mass is 10.2. The van der Waals surface area contributed by atoms with Crippen LogP contribution in [0.5, 0.6) is 0 Å². The maximum Gasteiger partial charge on any atom is 0.331 e. The molecule has 0 aromatic heterocycles. The van der Waals surface area contributed by atoms with Gasteiger partial charge in [0.1, 0.15) is 11.4 Å².